The maximum absolute atomic E-state index is 12.8. The van der Waals surface area contributed by atoms with Gasteiger partial charge in [0.1, 0.15) is 11.4 Å². The average Bonchev–Trinajstić information content (AvgIpc) is 3.21. The molecule has 3 aromatic rings. The Morgan fingerprint density at radius 1 is 1.17 bits per heavy atom. The van der Waals surface area contributed by atoms with Crippen LogP contribution in [0.4, 0.5) is 11.4 Å². The van der Waals surface area contributed by atoms with Crippen LogP contribution in [0.25, 0.3) is 0 Å². The van der Waals surface area contributed by atoms with E-state index >= 15 is 0 Å². The molecule has 0 fully saturated rings. The minimum Gasteiger partial charge on any atom is -0.496 e. The number of hydrogen-bond acceptors (Lipinski definition) is 8. The van der Waals surface area contributed by atoms with E-state index in [0.717, 1.165) is 17.3 Å². The summed E-state index contributed by atoms with van der Waals surface area (Å²) < 4.78 is 6.74. The SMILES string of the molecule is COc1ccc(NC(=O)CSc2nnc([C@H](NC(=O)c3ccc(C)cc3)C(C)C)n2C)c([N+](=O)[O-])c1. The molecular formula is C24H28N6O5S. The molecule has 0 aliphatic rings. The molecule has 1 atom stereocenters. The molecule has 11 nitrogen and oxygen atoms in total. The molecule has 2 amide bonds. The third kappa shape index (κ3) is 6.39. The smallest absolute Gasteiger partial charge is 0.296 e. The highest BCUT2D eigenvalue weighted by Gasteiger charge is 2.26. The van der Waals surface area contributed by atoms with Crippen molar-refractivity contribution in [1.29, 1.82) is 0 Å². The van der Waals surface area contributed by atoms with Gasteiger partial charge >= 0.3 is 0 Å². The Morgan fingerprint density at radius 3 is 2.47 bits per heavy atom. The van der Waals surface area contributed by atoms with Gasteiger partial charge in [-0.25, -0.2) is 0 Å². The van der Waals surface area contributed by atoms with Gasteiger partial charge in [0.2, 0.25) is 5.91 Å². The van der Waals surface area contributed by atoms with Gasteiger partial charge in [-0.15, -0.1) is 10.2 Å². The highest BCUT2D eigenvalue weighted by atomic mass is 32.2. The second-order valence-corrected chi connectivity index (χ2v) is 9.38. The van der Waals surface area contributed by atoms with Crippen molar-refractivity contribution in [2.24, 2.45) is 13.0 Å². The van der Waals surface area contributed by atoms with Gasteiger partial charge in [0.25, 0.3) is 11.6 Å². The minimum atomic E-state index is -0.586. The lowest BCUT2D eigenvalue weighted by atomic mass is 10.0. The van der Waals surface area contributed by atoms with Crippen LogP contribution in [0, 0.1) is 23.0 Å². The summed E-state index contributed by atoms with van der Waals surface area (Å²) in [5.41, 5.74) is 1.42. The monoisotopic (exact) mass is 512 g/mol. The number of anilines is 1. The third-order valence-electron chi connectivity index (χ3n) is 5.42. The Balaban J connectivity index is 1.68. The van der Waals surface area contributed by atoms with E-state index in [9.17, 15) is 19.7 Å². The van der Waals surface area contributed by atoms with Crippen molar-refractivity contribution < 1.29 is 19.2 Å². The Labute approximate surface area is 212 Å². The summed E-state index contributed by atoms with van der Waals surface area (Å²) in [6, 6.07) is 11.1. The van der Waals surface area contributed by atoms with E-state index in [4.69, 9.17) is 4.74 Å². The zero-order valence-electron chi connectivity index (χ0n) is 20.6. The van der Waals surface area contributed by atoms with Gasteiger partial charge in [-0.05, 0) is 37.1 Å². The molecule has 3 rings (SSSR count). The quantitative estimate of drug-likeness (QED) is 0.237. The maximum atomic E-state index is 12.8. The van der Waals surface area contributed by atoms with Crippen LogP contribution in [0.3, 0.4) is 0 Å². The molecule has 0 saturated heterocycles. The van der Waals surface area contributed by atoms with Crippen LogP contribution in [0.15, 0.2) is 47.6 Å². The van der Waals surface area contributed by atoms with Crippen LogP contribution in [0.2, 0.25) is 0 Å². The predicted octanol–water partition coefficient (Wildman–Crippen LogP) is 3.90. The number of ether oxygens (including phenoxy) is 1. The zero-order chi connectivity index (χ0) is 26.4. The van der Waals surface area contributed by atoms with E-state index in [2.05, 4.69) is 20.8 Å². The molecule has 1 heterocycles. The first-order valence-electron chi connectivity index (χ1n) is 11.1. The van der Waals surface area contributed by atoms with E-state index in [1.54, 1.807) is 23.7 Å². The molecule has 1 aromatic heterocycles. The maximum Gasteiger partial charge on any atom is 0.296 e. The van der Waals surface area contributed by atoms with Crippen molar-refractivity contribution in [1.82, 2.24) is 20.1 Å². The zero-order valence-corrected chi connectivity index (χ0v) is 21.5. The van der Waals surface area contributed by atoms with Crippen molar-refractivity contribution in [2.75, 3.05) is 18.2 Å². The van der Waals surface area contributed by atoms with Crippen LogP contribution in [-0.4, -0.2) is 44.4 Å². The number of amides is 2. The Bertz CT molecular complexity index is 1260. The van der Waals surface area contributed by atoms with Gasteiger partial charge in [0.05, 0.1) is 29.9 Å². The van der Waals surface area contributed by atoms with E-state index in [-0.39, 0.29) is 29.0 Å². The number of nitrogens with one attached hydrogen (secondary N) is 2. The molecule has 190 valence electrons. The number of carbonyl (C=O) groups excluding carboxylic acids is 2. The second kappa shape index (κ2) is 11.7. The Hall–Kier alpha value is -3.93. The van der Waals surface area contributed by atoms with Gasteiger partial charge in [-0.3, -0.25) is 19.7 Å². The van der Waals surface area contributed by atoms with E-state index in [1.807, 2.05) is 32.9 Å². The summed E-state index contributed by atoms with van der Waals surface area (Å²) in [6.45, 7) is 5.89. The average molecular weight is 513 g/mol. The molecule has 0 saturated carbocycles. The van der Waals surface area contributed by atoms with Crippen LogP contribution >= 0.6 is 11.8 Å². The van der Waals surface area contributed by atoms with E-state index in [1.165, 1.54) is 25.3 Å². The lowest BCUT2D eigenvalue weighted by Crippen LogP contribution is -2.33. The van der Waals surface area contributed by atoms with Gasteiger partial charge in [0, 0.05) is 12.6 Å². The third-order valence-corrected chi connectivity index (χ3v) is 6.44. The van der Waals surface area contributed by atoms with Gasteiger partial charge in [0.15, 0.2) is 11.0 Å². The largest absolute Gasteiger partial charge is 0.496 e. The molecule has 0 aliphatic heterocycles. The number of aryl methyl sites for hydroxylation is 1. The summed E-state index contributed by atoms with van der Waals surface area (Å²) in [5, 5.41) is 25.8. The summed E-state index contributed by atoms with van der Waals surface area (Å²) in [6.07, 6.45) is 0. The number of aromatic nitrogens is 3. The molecular weight excluding hydrogens is 484 g/mol. The molecule has 0 bridgehead atoms. The topological polar surface area (TPSA) is 141 Å². The van der Waals surface area contributed by atoms with Gasteiger partial charge < -0.3 is 19.9 Å². The van der Waals surface area contributed by atoms with Crippen molar-refractivity contribution in [3.05, 3.63) is 69.5 Å². The second-order valence-electron chi connectivity index (χ2n) is 8.44. The van der Waals surface area contributed by atoms with Crippen LogP contribution in [0.5, 0.6) is 5.75 Å². The minimum absolute atomic E-state index is 0.0269. The first kappa shape index (κ1) is 26.7. The van der Waals surface area contributed by atoms with Crippen molar-refractivity contribution in [2.45, 2.75) is 32.0 Å². The highest BCUT2D eigenvalue weighted by molar-refractivity contribution is 7.99. The summed E-state index contributed by atoms with van der Waals surface area (Å²) >= 11 is 1.13. The van der Waals surface area contributed by atoms with Crippen LogP contribution < -0.4 is 15.4 Å². The number of hydrogen-bond donors (Lipinski definition) is 2. The lowest BCUT2D eigenvalue weighted by Gasteiger charge is -2.21. The number of rotatable bonds is 10. The predicted molar refractivity (Wildman–Crippen MR) is 136 cm³/mol. The van der Waals surface area contributed by atoms with Gasteiger partial charge in [-0.1, -0.05) is 43.3 Å². The number of nitrogens with zero attached hydrogens (tertiary/aromatic N) is 4. The van der Waals surface area contributed by atoms with E-state index in [0.29, 0.717) is 22.3 Å². The fourth-order valence-electron chi connectivity index (χ4n) is 3.39. The fourth-order valence-corrected chi connectivity index (χ4v) is 4.11. The molecule has 0 radical (unpaired) electrons. The normalized spacial score (nSPS) is 11.7. The summed E-state index contributed by atoms with van der Waals surface area (Å²) in [5.74, 6) is 0.197. The highest BCUT2D eigenvalue weighted by Crippen LogP contribution is 2.29. The van der Waals surface area contributed by atoms with Crippen molar-refractivity contribution in [3.8, 4) is 5.75 Å². The standard InChI is InChI=1S/C24H28N6O5S/c1-14(2)21(26-23(32)16-8-6-15(3)7-9-16)22-27-28-24(29(22)4)36-13-20(31)25-18-11-10-17(35-5)12-19(18)30(33)34/h6-12,14,21H,13H2,1-5H3,(H,25,31)(H,26,32)/t21-/m1/s1. The molecule has 12 heteroatoms. The molecule has 0 aliphatic carbocycles. The molecule has 2 N–H and O–H groups in total. The van der Waals surface area contributed by atoms with Crippen molar-refractivity contribution in [3.63, 3.8) is 0 Å². The van der Waals surface area contributed by atoms with Gasteiger partial charge in [-0.2, -0.15) is 0 Å². The number of benzene rings is 2. The van der Waals surface area contributed by atoms with Crippen LogP contribution in [0.1, 0.15) is 41.6 Å². The number of nitro groups is 1. The number of nitro benzene ring substituents is 1. The number of thioether (sulfide) groups is 1. The Kier molecular flexibility index (Phi) is 8.64. The molecule has 2 aromatic carbocycles. The first-order chi connectivity index (χ1) is 17.1. The lowest BCUT2D eigenvalue weighted by molar-refractivity contribution is -0.384. The summed E-state index contributed by atoms with van der Waals surface area (Å²) in [4.78, 5) is 36.0. The first-order valence-corrected chi connectivity index (χ1v) is 12.1. The van der Waals surface area contributed by atoms with Crippen LogP contribution in [-0.2, 0) is 11.8 Å². The Morgan fingerprint density at radius 2 is 1.86 bits per heavy atom. The van der Waals surface area contributed by atoms with E-state index < -0.39 is 16.9 Å². The number of methoxy groups -OCH3 is 1. The molecule has 0 spiro atoms. The molecule has 0 unspecified atom stereocenters. The number of carbonyl (C=O) groups is 2. The fraction of sp³-hybridized carbons (Fsp3) is 0.333. The van der Waals surface area contributed by atoms with Crippen molar-refractivity contribution >= 4 is 35.0 Å². The summed E-state index contributed by atoms with van der Waals surface area (Å²) in [7, 11) is 3.16. The molecule has 36 heavy (non-hydrogen) atoms.